The number of nitrogens with zero attached hydrogens (tertiary/aromatic N) is 2. The van der Waals surface area contributed by atoms with E-state index in [0.29, 0.717) is 0 Å². The predicted octanol–water partition coefficient (Wildman–Crippen LogP) is 0.740. The molecule has 1 rings (SSSR count). The van der Waals surface area contributed by atoms with E-state index in [0.717, 1.165) is 6.67 Å². The number of aliphatic imine (C=N–C) groups is 1. The van der Waals surface area contributed by atoms with E-state index in [1.54, 1.807) is 0 Å². The lowest BCUT2D eigenvalue weighted by Gasteiger charge is -2.28. The standard InChI is InChI=1S/C6H12N2/c1-2-7-6-8-4-3-5-8/h2H,3-6H2,1H3/b7-2+. The van der Waals surface area contributed by atoms with Crippen LogP contribution < -0.4 is 0 Å². The van der Waals surface area contributed by atoms with Crippen LogP contribution in [0, 0.1) is 0 Å². The highest BCUT2D eigenvalue weighted by Crippen LogP contribution is 2.03. The van der Waals surface area contributed by atoms with Crippen LogP contribution in [0.1, 0.15) is 13.3 Å². The van der Waals surface area contributed by atoms with Crippen molar-refractivity contribution < 1.29 is 0 Å². The molecule has 1 heterocycles. The molecule has 0 saturated carbocycles. The summed E-state index contributed by atoms with van der Waals surface area (Å²) >= 11 is 0. The summed E-state index contributed by atoms with van der Waals surface area (Å²) in [7, 11) is 0. The first-order valence-corrected chi connectivity index (χ1v) is 3.10. The van der Waals surface area contributed by atoms with Crippen molar-refractivity contribution in [2.45, 2.75) is 13.3 Å². The van der Waals surface area contributed by atoms with E-state index in [2.05, 4.69) is 9.89 Å². The third-order valence-electron chi connectivity index (χ3n) is 1.41. The third-order valence-corrected chi connectivity index (χ3v) is 1.41. The molecule has 0 amide bonds. The molecular formula is C6H12N2. The minimum Gasteiger partial charge on any atom is -0.284 e. The molecule has 1 saturated heterocycles. The molecular weight excluding hydrogens is 100 g/mol. The number of rotatable bonds is 2. The van der Waals surface area contributed by atoms with Gasteiger partial charge >= 0.3 is 0 Å². The maximum atomic E-state index is 4.09. The third kappa shape index (κ3) is 1.30. The molecule has 0 spiro atoms. The van der Waals surface area contributed by atoms with E-state index >= 15 is 0 Å². The SMILES string of the molecule is C/C=N/CN1CCC1. The zero-order valence-corrected chi connectivity index (χ0v) is 5.30. The van der Waals surface area contributed by atoms with E-state index in [1.165, 1.54) is 19.5 Å². The molecule has 8 heavy (non-hydrogen) atoms. The maximum absolute atomic E-state index is 4.09. The summed E-state index contributed by atoms with van der Waals surface area (Å²) < 4.78 is 0. The van der Waals surface area contributed by atoms with E-state index < -0.39 is 0 Å². The molecule has 0 aromatic heterocycles. The summed E-state index contributed by atoms with van der Waals surface area (Å²) in [4.78, 5) is 6.41. The predicted molar refractivity (Wildman–Crippen MR) is 35.2 cm³/mol. The lowest BCUT2D eigenvalue weighted by molar-refractivity contribution is 0.188. The van der Waals surface area contributed by atoms with Crippen LogP contribution in [-0.2, 0) is 0 Å². The summed E-state index contributed by atoms with van der Waals surface area (Å²) in [5, 5.41) is 0. The van der Waals surface area contributed by atoms with Crippen molar-refractivity contribution in [2.75, 3.05) is 19.8 Å². The Morgan fingerprint density at radius 1 is 1.62 bits per heavy atom. The Hall–Kier alpha value is -0.370. The monoisotopic (exact) mass is 112 g/mol. The van der Waals surface area contributed by atoms with Crippen LogP contribution >= 0.6 is 0 Å². The molecule has 2 nitrogen and oxygen atoms in total. The zero-order valence-electron chi connectivity index (χ0n) is 5.30. The van der Waals surface area contributed by atoms with Gasteiger partial charge in [-0.15, -0.1) is 0 Å². The molecule has 0 atom stereocenters. The summed E-state index contributed by atoms with van der Waals surface area (Å²) in [6.07, 6.45) is 3.22. The number of likely N-dealkylation sites (tertiary alicyclic amines) is 1. The van der Waals surface area contributed by atoms with Crippen molar-refractivity contribution >= 4 is 6.21 Å². The van der Waals surface area contributed by atoms with Crippen LogP contribution in [0.4, 0.5) is 0 Å². The van der Waals surface area contributed by atoms with E-state index in [1.807, 2.05) is 13.1 Å². The Bertz CT molecular complexity index is 84.5. The highest BCUT2D eigenvalue weighted by atomic mass is 15.2. The zero-order chi connectivity index (χ0) is 5.82. The highest BCUT2D eigenvalue weighted by Gasteiger charge is 2.10. The lowest BCUT2D eigenvalue weighted by Crippen LogP contribution is -2.36. The molecule has 0 aromatic rings. The molecule has 0 radical (unpaired) electrons. The fourth-order valence-electron chi connectivity index (χ4n) is 0.720. The van der Waals surface area contributed by atoms with Crippen molar-refractivity contribution in [3.05, 3.63) is 0 Å². The van der Waals surface area contributed by atoms with E-state index in [-0.39, 0.29) is 0 Å². The topological polar surface area (TPSA) is 15.6 Å². The van der Waals surface area contributed by atoms with Gasteiger partial charge in [0, 0.05) is 13.1 Å². The van der Waals surface area contributed by atoms with Crippen molar-refractivity contribution in [3.8, 4) is 0 Å². The molecule has 1 aliphatic rings. The molecule has 1 aliphatic heterocycles. The van der Waals surface area contributed by atoms with Gasteiger partial charge < -0.3 is 0 Å². The fraction of sp³-hybridized carbons (Fsp3) is 0.833. The smallest absolute Gasteiger partial charge is 0.0905 e. The van der Waals surface area contributed by atoms with Gasteiger partial charge in [0.2, 0.25) is 0 Å². The van der Waals surface area contributed by atoms with Gasteiger partial charge in [-0.05, 0) is 19.6 Å². The van der Waals surface area contributed by atoms with Crippen LogP contribution in [0.15, 0.2) is 4.99 Å². The van der Waals surface area contributed by atoms with Crippen LogP contribution in [-0.4, -0.2) is 30.9 Å². The Balaban J connectivity index is 2.01. The van der Waals surface area contributed by atoms with Crippen molar-refractivity contribution in [1.29, 1.82) is 0 Å². The van der Waals surface area contributed by atoms with Crippen LogP contribution in [0.25, 0.3) is 0 Å². The Morgan fingerprint density at radius 3 is 2.75 bits per heavy atom. The van der Waals surface area contributed by atoms with Crippen LogP contribution in [0.2, 0.25) is 0 Å². The minimum atomic E-state index is 0.913. The minimum absolute atomic E-state index is 0.913. The van der Waals surface area contributed by atoms with Gasteiger partial charge in [-0.2, -0.15) is 0 Å². The van der Waals surface area contributed by atoms with Crippen LogP contribution in [0.3, 0.4) is 0 Å². The summed E-state index contributed by atoms with van der Waals surface area (Å²) in [5.41, 5.74) is 0. The first-order valence-electron chi connectivity index (χ1n) is 3.10. The highest BCUT2D eigenvalue weighted by molar-refractivity contribution is 5.53. The maximum Gasteiger partial charge on any atom is 0.0905 e. The molecule has 2 heteroatoms. The van der Waals surface area contributed by atoms with Gasteiger partial charge in [0.25, 0.3) is 0 Å². The van der Waals surface area contributed by atoms with Crippen molar-refractivity contribution in [2.24, 2.45) is 4.99 Å². The molecule has 0 unspecified atom stereocenters. The van der Waals surface area contributed by atoms with E-state index in [9.17, 15) is 0 Å². The Labute approximate surface area is 50.2 Å². The summed E-state index contributed by atoms with van der Waals surface area (Å²) in [6, 6.07) is 0. The molecule has 0 N–H and O–H groups in total. The van der Waals surface area contributed by atoms with Gasteiger partial charge in [-0.1, -0.05) is 0 Å². The van der Waals surface area contributed by atoms with Crippen LogP contribution in [0.5, 0.6) is 0 Å². The lowest BCUT2D eigenvalue weighted by atomic mass is 10.2. The largest absolute Gasteiger partial charge is 0.284 e. The first kappa shape index (κ1) is 5.76. The second-order valence-electron chi connectivity index (χ2n) is 2.05. The first-order chi connectivity index (χ1) is 3.93. The molecule has 1 fully saturated rings. The summed E-state index contributed by atoms with van der Waals surface area (Å²) in [6.45, 7) is 5.37. The number of hydrogen-bond donors (Lipinski definition) is 0. The average Bonchev–Trinajstić information content (AvgIpc) is 1.63. The second kappa shape index (κ2) is 2.82. The molecule has 0 aliphatic carbocycles. The van der Waals surface area contributed by atoms with Gasteiger partial charge in [0.05, 0.1) is 6.67 Å². The van der Waals surface area contributed by atoms with Crippen molar-refractivity contribution in [1.82, 2.24) is 4.90 Å². The second-order valence-corrected chi connectivity index (χ2v) is 2.05. The normalized spacial score (nSPS) is 21.6. The van der Waals surface area contributed by atoms with E-state index in [4.69, 9.17) is 0 Å². The fourth-order valence-corrected chi connectivity index (χ4v) is 0.720. The molecule has 46 valence electrons. The van der Waals surface area contributed by atoms with Gasteiger partial charge in [-0.25, -0.2) is 0 Å². The summed E-state index contributed by atoms with van der Waals surface area (Å²) in [5.74, 6) is 0. The van der Waals surface area contributed by atoms with Gasteiger partial charge in [0.15, 0.2) is 0 Å². The van der Waals surface area contributed by atoms with Gasteiger partial charge in [0.1, 0.15) is 0 Å². The molecule has 0 bridgehead atoms. The van der Waals surface area contributed by atoms with Crippen molar-refractivity contribution in [3.63, 3.8) is 0 Å². The Morgan fingerprint density at radius 2 is 2.38 bits per heavy atom. The molecule has 0 aromatic carbocycles. The number of hydrogen-bond acceptors (Lipinski definition) is 2. The van der Waals surface area contributed by atoms with Gasteiger partial charge in [-0.3, -0.25) is 9.89 Å². The average molecular weight is 112 g/mol. The quantitative estimate of drug-likeness (QED) is 0.481. The Kier molecular flexibility index (Phi) is 2.03.